The van der Waals surface area contributed by atoms with Gasteiger partial charge in [0.05, 0.1) is 24.5 Å². The molecule has 1 atom stereocenters. The molecule has 0 radical (unpaired) electrons. The summed E-state index contributed by atoms with van der Waals surface area (Å²) in [5.74, 6) is 0.516. The minimum Gasteiger partial charge on any atom is -0.351 e. The van der Waals surface area contributed by atoms with Crippen molar-refractivity contribution in [3.05, 3.63) is 18.0 Å². The van der Waals surface area contributed by atoms with Gasteiger partial charge in [0.1, 0.15) is 6.04 Å². The van der Waals surface area contributed by atoms with Crippen LogP contribution < -0.4 is 5.32 Å². The molecule has 0 saturated heterocycles. The van der Waals surface area contributed by atoms with Gasteiger partial charge in [0.2, 0.25) is 11.8 Å². The third-order valence-electron chi connectivity index (χ3n) is 4.42. The van der Waals surface area contributed by atoms with Gasteiger partial charge >= 0.3 is 0 Å². The van der Waals surface area contributed by atoms with Crippen LogP contribution in [0.3, 0.4) is 0 Å². The van der Waals surface area contributed by atoms with E-state index < -0.39 is 6.04 Å². The zero-order valence-corrected chi connectivity index (χ0v) is 13.6. The number of hydrogen-bond acceptors (Lipinski definition) is 4. The first-order valence-electron chi connectivity index (χ1n) is 7.78. The average Bonchev–Trinajstić information content (AvgIpc) is 3.16. The summed E-state index contributed by atoms with van der Waals surface area (Å²) in [5, 5.41) is 7.41. The highest BCUT2D eigenvalue weighted by Crippen LogP contribution is 2.23. The zero-order valence-electron chi connectivity index (χ0n) is 12.8. The Bertz CT molecular complexity index is 553. The highest BCUT2D eigenvalue weighted by Gasteiger charge is 2.33. The molecule has 0 bridgehead atoms. The van der Waals surface area contributed by atoms with E-state index in [2.05, 4.69) is 10.4 Å². The summed E-state index contributed by atoms with van der Waals surface area (Å²) in [6.07, 6.45) is 8.09. The van der Waals surface area contributed by atoms with Gasteiger partial charge in [-0.3, -0.25) is 14.3 Å². The molecule has 3 rings (SSSR count). The van der Waals surface area contributed by atoms with Crippen LogP contribution in [0.15, 0.2) is 12.3 Å². The smallest absolute Gasteiger partial charge is 0.246 e. The molecule has 0 spiro atoms. The molecule has 22 heavy (non-hydrogen) atoms. The van der Waals surface area contributed by atoms with Gasteiger partial charge in [-0.05, 0) is 25.2 Å². The predicted molar refractivity (Wildman–Crippen MR) is 85.5 cm³/mol. The summed E-state index contributed by atoms with van der Waals surface area (Å²) in [5.41, 5.74) is 0.923. The van der Waals surface area contributed by atoms with Gasteiger partial charge < -0.3 is 10.2 Å². The number of hydrogen-bond donors (Lipinski definition) is 1. The molecular weight excluding hydrogens is 300 g/mol. The van der Waals surface area contributed by atoms with E-state index in [9.17, 15) is 9.59 Å². The molecule has 1 aliphatic carbocycles. The van der Waals surface area contributed by atoms with Gasteiger partial charge in [0.15, 0.2) is 0 Å². The Labute approximate surface area is 134 Å². The van der Waals surface area contributed by atoms with Crippen LogP contribution >= 0.6 is 11.8 Å². The molecule has 120 valence electrons. The van der Waals surface area contributed by atoms with E-state index in [1.54, 1.807) is 15.8 Å². The molecule has 1 saturated carbocycles. The topological polar surface area (TPSA) is 67.2 Å². The summed E-state index contributed by atoms with van der Waals surface area (Å²) in [7, 11) is 0. The molecule has 6 nitrogen and oxygen atoms in total. The van der Waals surface area contributed by atoms with E-state index >= 15 is 0 Å². The molecule has 0 aromatic carbocycles. The maximum Gasteiger partial charge on any atom is 0.246 e. The Morgan fingerprint density at radius 1 is 1.41 bits per heavy atom. The number of nitrogens with zero attached hydrogens (tertiary/aromatic N) is 3. The minimum atomic E-state index is -0.412. The Morgan fingerprint density at radius 3 is 2.91 bits per heavy atom. The summed E-state index contributed by atoms with van der Waals surface area (Å²) < 4.78 is 1.77. The number of aromatic nitrogens is 2. The number of nitrogens with one attached hydrogen (secondary N) is 1. The molecule has 0 unspecified atom stereocenters. The van der Waals surface area contributed by atoms with Crippen molar-refractivity contribution in [2.75, 3.05) is 18.6 Å². The van der Waals surface area contributed by atoms with Crippen molar-refractivity contribution in [3.8, 4) is 0 Å². The third kappa shape index (κ3) is 3.14. The van der Waals surface area contributed by atoms with Gasteiger partial charge in [0.25, 0.3) is 0 Å². The van der Waals surface area contributed by atoms with Crippen molar-refractivity contribution < 1.29 is 9.59 Å². The maximum atomic E-state index is 12.6. The number of fused-ring (bicyclic) bond motifs is 1. The van der Waals surface area contributed by atoms with Crippen molar-refractivity contribution in [2.24, 2.45) is 0 Å². The Morgan fingerprint density at radius 2 is 2.18 bits per heavy atom. The van der Waals surface area contributed by atoms with Crippen LogP contribution in [-0.2, 0) is 16.1 Å². The molecule has 1 fully saturated rings. The number of carbonyl (C=O) groups excluding carboxylic acids is 2. The second-order valence-electron chi connectivity index (χ2n) is 5.98. The van der Waals surface area contributed by atoms with Gasteiger partial charge in [-0.2, -0.15) is 16.9 Å². The van der Waals surface area contributed by atoms with Gasteiger partial charge in [-0.1, -0.05) is 12.8 Å². The highest BCUT2D eigenvalue weighted by atomic mass is 32.2. The zero-order chi connectivity index (χ0) is 15.5. The summed E-state index contributed by atoms with van der Waals surface area (Å²) in [6, 6.07) is 1.75. The highest BCUT2D eigenvalue weighted by molar-refractivity contribution is 7.99. The van der Waals surface area contributed by atoms with Gasteiger partial charge in [-0.25, -0.2) is 0 Å². The molecule has 2 heterocycles. The van der Waals surface area contributed by atoms with Crippen molar-refractivity contribution in [3.63, 3.8) is 0 Å². The van der Waals surface area contributed by atoms with Gasteiger partial charge in [0, 0.05) is 12.2 Å². The molecule has 1 aromatic heterocycles. The van der Waals surface area contributed by atoms with Crippen LogP contribution in [0.4, 0.5) is 0 Å². The number of thioether (sulfide) groups is 1. The standard InChI is InChI=1S/C15H22N4O2S/c1-22-10-14(20)18-8-12-6-7-16-19(12)13(9-18)15(21)17-11-4-2-3-5-11/h6-7,11,13H,2-5,8-10H2,1H3,(H,17,21)/t13-/m0/s1. The predicted octanol–water partition coefficient (Wildman–Crippen LogP) is 1.19. The van der Waals surface area contributed by atoms with E-state index in [0.29, 0.717) is 18.8 Å². The lowest BCUT2D eigenvalue weighted by atomic mass is 10.1. The Kier molecular flexibility index (Phi) is 4.71. The number of amides is 2. The molecule has 1 N–H and O–H groups in total. The summed E-state index contributed by atoms with van der Waals surface area (Å²) in [6.45, 7) is 0.944. The largest absolute Gasteiger partial charge is 0.351 e. The molecular formula is C15H22N4O2S. The third-order valence-corrected chi connectivity index (χ3v) is 4.95. The monoisotopic (exact) mass is 322 g/mol. The lowest BCUT2D eigenvalue weighted by Gasteiger charge is -2.33. The maximum absolute atomic E-state index is 12.6. The van der Waals surface area contributed by atoms with Crippen LogP contribution in [0.2, 0.25) is 0 Å². The second-order valence-corrected chi connectivity index (χ2v) is 6.85. The first-order valence-corrected chi connectivity index (χ1v) is 9.18. The number of rotatable bonds is 4. The van der Waals surface area contributed by atoms with E-state index in [1.165, 1.54) is 24.6 Å². The van der Waals surface area contributed by atoms with Crippen molar-refractivity contribution in [1.29, 1.82) is 0 Å². The summed E-state index contributed by atoms with van der Waals surface area (Å²) in [4.78, 5) is 26.6. The second kappa shape index (κ2) is 6.73. The normalized spacial score (nSPS) is 21.7. The molecule has 1 aromatic rings. The lowest BCUT2D eigenvalue weighted by molar-refractivity contribution is -0.133. The van der Waals surface area contributed by atoms with Crippen LogP contribution in [-0.4, -0.2) is 51.1 Å². The first kappa shape index (κ1) is 15.4. The fraction of sp³-hybridized carbons (Fsp3) is 0.667. The fourth-order valence-electron chi connectivity index (χ4n) is 3.26. The van der Waals surface area contributed by atoms with E-state index in [4.69, 9.17) is 0 Å². The van der Waals surface area contributed by atoms with Crippen molar-refractivity contribution in [2.45, 2.75) is 44.3 Å². The molecule has 1 aliphatic heterocycles. The lowest BCUT2D eigenvalue weighted by Crippen LogP contribution is -2.49. The van der Waals surface area contributed by atoms with E-state index in [0.717, 1.165) is 18.5 Å². The Balaban J connectivity index is 1.74. The van der Waals surface area contributed by atoms with Crippen molar-refractivity contribution >= 4 is 23.6 Å². The van der Waals surface area contributed by atoms with Crippen LogP contribution in [0, 0.1) is 0 Å². The quantitative estimate of drug-likeness (QED) is 0.904. The van der Waals surface area contributed by atoms with Crippen LogP contribution in [0.5, 0.6) is 0 Å². The van der Waals surface area contributed by atoms with E-state index in [-0.39, 0.29) is 17.9 Å². The van der Waals surface area contributed by atoms with Crippen LogP contribution in [0.25, 0.3) is 0 Å². The van der Waals surface area contributed by atoms with Crippen LogP contribution in [0.1, 0.15) is 37.4 Å². The number of carbonyl (C=O) groups is 2. The van der Waals surface area contributed by atoms with Gasteiger partial charge in [-0.15, -0.1) is 0 Å². The minimum absolute atomic E-state index is 0.0153. The Hall–Kier alpha value is -1.50. The first-order chi connectivity index (χ1) is 10.7. The van der Waals surface area contributed by atoms with Crippen molar-refractivity contribution in [1.82, 2.24) is 20.0 Å². The SMILES string of the molecule is CSCC(=O)N1Cc2ccnn2[C@H](C(=O)NC2CCCC2)C1. The average molecular weight is 322 g/mol. The fourth-order valence-corrected chi connectivity index (χ4v) is 3.69. The molecule has 2 amide bonds. The molecule has 7 heteroatoms. The molecule has 2 aliphatic rings. The van der Waals surface area contributed by atoms with E-state index in [1.807, 2.05) is 12.3 Å². The summed E-state index contributed by atoms with van der Waals surface area (Å²) >= 11 is 1.51.